The number of methoxy groups -OCH3 is 1. The molecule has 2 rings (SSSR count). The highest BCUT2D eigenvalue weighted by molar-refractivity contribution is 9.10. The van der Waals surface area contributed by atoms with Crippen LogP contribution in [-0.2, 0) is 0 Å². The molecule has 0 amide bonds. The molecule has 2 nitrogen and oxygen atoms in total. The number of rotatable bonds is 6. The summed E-state index contributed by atoms with van der Waals surface area (Å²) in [6.07, 6.45) is 6.53. The van der Waals surface area contributed by atoms with Crippen molar-refractivity contribution in [2.75, 3.05) is 13.7 Å². The van der Waals surface area contributed by atoms with Crippen molar-refractivity contribution in [1.82, 2.24) is 5.32 Å². The lowest BCUT2D eigenvalue weighted by molar-refractivity contribution is 0.231. The summed E-state index contributed by atoms with van der Waals surface area (Å²) in [5, 5.41) is 3.78. The maximum atomic E-state index is 5.42. The molecule has 0 aliphatic heterocycles. The normalized spacial score (nSPS) is 23.8. The molecule has 1 fully saturated rings. The van der Waals surface area contributed by atoms with E-state index in [4.69, 9.17) is 4.74 Å². The first-order chi connectivity index (χ1) is 10.2. The predicted octanol–water partition coefficient (Wildman–Crippen LogP) is 5.32. The lowest BCUT2D eigenvalue weighted by Gasteiger charge is -2.34. The molecule has 21 heavy (non-hydrogen) atoms. The molecule has 1 aliphatic rings. The van der Waals surface area contributed by atoms with Gasteiger partial charge in [0.1, 0.15) is 5.75 Å². The summed E-state index contributed by atoms with van der Waals surface area (Å²) in [6, 6.07) is 6.75. The maximum Gasteiger partial charge on any atom is 0.119 e. The number of halogens is 1. The molecule has 0 bridgehead atoms. The van der Waals surface area contributed by atoms with Crippen LogP contribution in [0, 0.1) is 11.8 Å². The van der Waals surface area contributed by atoms with Crippen LogP contribution in [0.3, 0.4) is 0 Å². The van der Waals surface area contributed by atoms with E-state index in [1.54, 1.807) is 7.11 Å². The molecular formula is C18H28BrNO. The number of hydrogen-bond acceptors (Lipinski definition) is 2. The van der Waals surface area contributed by atoms with Gasteiger partial charge in [0, 0.05) is 10.5 Å². The fourth-order valence-corrected chi connectivity index (χ4v) is 3.83. The molecule has 1 saturated carbocycles. The second kappa shape index (κ2) is 8.19. The molecule has 0 heterocycles. The van der Waals surface area contributed by atoms with Crippen LogP contribution in [0.15, 0.2) is 22.7 Å². The number of hydrogen-bond donors (Lipinski definition) is 1. The van der Waals surface area contributed by atoms with Gasteiger partial charge >= 0.3 is 0 Å². The van der Waals surface area contributed by atoms with Gasteiger partial charge in [-0.05, 0) is 61.4 Å². The van der Waals surface area contributed by atoms with Gasteiger partial charge in [-0.3, -0.25) is 0 Å². The van der Waals surface area contributed by atoms with Crippen LogP contribution in [0.4, 0.5) is 0 Å². The van der Waals surface area contributed by atoms with Gasteiger partial charge in [0.05, 0.1) is 7.11 Å². The summed E-state index contributed by atoms with van der Waals surface area (Å²) in [4.78, 5) is 0. The van der Waals surface area contributed by atoms with E-state index >= 15 is 0 Å². The minimum atomic E-state index is 0.432. The van der Waals surface area contributed by atoms with E-state index in [9.17, 15) is 0 Å². The number of nitrogens with one attached hydrogen (secondary N) is 1. The smallest absolute Gasteiger partial charge is 0.119 e. The average molecular weight is 354 g/mol. The highest BCUT2D eigenvalue weighted by Crippen LogP contribution is 2.39. The highest BCUT2D eigenvalue weighted by Gasteiger charge is 2.28. The standard InChI is InChI=1S/C18H28BrNO/c1-4-11-20-18(14-7-5-13(2)6-8-14)16-12-15(21-3)9-10-17(16)19/h9-10,12-14,18,20H,4-8,11H2,1-3H3. The van der Waals surface area contributed by atoms with E-state index < -0.39 is 0 Å². The quantitative estimate of drug-likeness (QED) is 0.746. The highest BCUT2D eigenvalue weighted by atomic mass is 79.9. The first kappa shape index (κ1) is 16.8. The Bertz CT molecular complexity index is 441. The zero-order valence-corrected chi connectivity index (χ0v) is 15.1. The Morgan fingerprint density at radius 3 is 2.62 bits per heavy atom. The Kier molecular flexibility index (Phi) is 6.56. The van der Waals surface area contributed by atoms with E-state index in [1.165, 1.54) is 42.1 Å². The Labute approximate surface area is 137 Å². The second-order valence-electron chi connectivity index (χ2n) is 6.34. The maximum absolute atomic E-state index is 5.42. The van der Waals surface area contributed by atoms with Crippen LogP contribution >= 0.6 is 15.9 Å². The summed E-state index contributed by atoms with van der Waals surface area (Å²) in [6.45, 7) is 5.68. The lowest BCUT2D eigenvalue weighted by Crippen LogP contribution is -2.31. The molecule has 1 atom stereocenters. The molecule has 1 unspecified atom stereocenters. The largest absolute Gasteiger partial charge is 0.497 e. The van der Waals surface area contributed by atoms with Crippen LogP contribution in [0.5, 0.6) is 5.75 Å². The van der Waals surface area contributed by atoms with E-state index in [0.717, 1.165) is 24.1 Å². The summed E-state index contributed by atoms with van der Waals surface area (Å²) < 4.78 is 6.61. The third-order valence-electron chi connectivity index (χ3n) is 4.68. The zero-order chi connectivity index (χ0) is 15.2. The predicted molar refractivity (Wildman–Crippen MR) is 92.9 cm³/mol. The Hall–Kier alpha value is -0.540. The summed E-state index contributed by atoms with van der Waals surface area (Å²) >= 11 is 3.74. The third-order valence-corrected chi connectivity index (χ3v) is 5.41. The molecule has 1 N–H and O–H groups in total. The van der Waals surface area contributed by atoms with E-state index in [0.29, 0.717) is 6.04 Å². The van der Waals surface area contributed by atoms with Gasteiger partial charge < -0.3 is 10.1 Å². The topological polar surface area (TPSA) is 21.3 Å². The molecule has 3 heteroatoms. The SMILES string of the molecule is CCCNC(c1cc(OC)ccc1Br)C1CCC(C)CC1. The second-order valence-corrected chi connectivity index (χ2v) is 7.19. The molecule has 0 radical (unpaired) electrons. The van der Waals surface area contributed by atoms with Gasteiger partial charge in [-0.25, -0.2) is 0 Å². The third kappa shape index (κ3) is 4.46. The van der Waals surface area contributed by atoms with Gasteiger partial charge in [0.25, 0.3) is 0 Å². The fourth-order valence-electron chi connectivity index (χ4n) is 3.34. The zero-order valence-electron chi connectivity index (χ0n) is 13.5. The van der Waals surface area contributed by atoms with Crippen molar-refractivity contribution in [3.8, 4) is 5.75 Å². The van der Waals surface area contributed by atoms with Crippen LogP contribution in [-0.4, -0.2) is 13.7 Å². The first-order valence-corrected chi connectivity index (χ1v) is 9.01. The van der Waals surface area contributed by atoms with Crippen LogP contribution < -0.4 is 10.1 Å². The molecular weight excluding hydrogens is 326 g/mol. The monoisotopic (exact) mass is 353 g/mol. The minimum absolute atomic E-state index is 0.432. The van der Waals surface area contributed by atoms with E-state index in [2.05, 4.69) is 47.2 Å². The Morgan fingerprint density at radius 2 is 2.00 bits per heavy atom. The summed E-state index contributed by atoms with van der Waals surface area (Å²) in [5.74, 6) is 2.57. The van der Waals surface area contributed by atoms with Crippen LogP contribution in [0.2, 0.25) is 0 Å². The molecule has 0 aromatic heterocycles. The molecule has 0 spiro atoms. The van der Waals surface area contributed by atoms with Gasteiger partial charge in [-0.1, -0.05) is 42.6 Å². The molecule has 1 aromatic carbocycles. The number of benzene rings is 1. The molecule has 1 aliphatic carbocycles. The Balaban J connectivity index is 2.22. The van der Waals surface area contributed by atoms with Crippen LogP contribution in [0.1, 0.15) is 57.6 Å². The van der Waals surface area contributed by atoms with Crippen LogP contribution in [0.25, 0.3) is 0 Å². The van der Waals surface area contributed by atoms with Gasteiger partial charge in [-0.2, -0.15) is 0 Å². The summed E-state index contributed by atoms with van der Waals surface area (Å²) in [5.41, 5.74) is 1.35. The van der Waals surface area contributed by atoms with Gasteiger partial charge in [0.15, 0.2) is 0 Å². The summed E-state index contributed by atoms with van der Waals surface area (Å²) in [7, 11) is 1.74. The average Bonchev–Trinajstić information content (AvgIpc) is 2.51. The van der Waals surface area contributed by atoms with Crippen molar-refractivity contribution in [2.24, 2.45) is 11.8 Å². The molecule has 1 aromatic rings. The van der Waals surface area contributed by atoms with Crippen molar-refractivity contribution in [3.05, 3.63) is 28.2 Å². The van der Waals surface area contributed by atoms with Gasteiger partial charge in [0.2, 0.25) is 0 Å². The van der Waals surface area contributed by atoms with Crippen molar-refractivity contribution in [3.63, 3.8) is 0 Å². The fraction of sp³-hybridized carbons (Fsp3) is 0.667. The number of ether oxygens (including phenoxy) is 1. The van der Waals surface area contributed by atoms with Gasteiger partial charge in [-0.15, -0.1) is 0 Å². The van der Waals surface area contributed by atoms with Crippen molar-refractivity contribution in [2.45, 2.75) is 52.0 Å². The lowest BCUT2D eigenvalue weighted by atomic mass is 9.77. The van der Waals surface area contributed by atoms with Crippen molar-refractivity contribution < 1.29 is 4.74 Å². The molecule has 118 valence electrons. The Morgan fingerprint density at radius 1 is 1.29 bits per heavy atom. The molecule has 0 saturated heterocycles. The van der Waals surface area contributed by atoms with Crippen molar-refractivity contribution in [1.29, 1.82) is 0 Å². The minimum Gasteiger partial charge on any atom is -0.497 e. The van der Waals surface area contributed by atoms with E-state index in [-0.39, 0.29) is 0 Å². The van der Waals surface area contributed by atoms with E-state index in [1.807, 2.05) is 6.07 Å². The van der Waals surface area contributed by atoms with Crippen molar-refractivity contribution >= 4 is 15.9 Å². The first-order valence-electron chi connectivity index (χ1n) is 8.22.